The number of thiophene rings is 1. The molecular formula is C21H25NO3S. The largest absolute Gasteiger partial charge is 0.478 e. The predicted molar refractivity (Wildman–Crippen MR) is 105 cm³/mol. The van der Waals surface area contributed by atoms with Gasteiger partial charge >= 0.3 is 5.97 Å². The fourth-order valence-corrected chi connectivity index (χ4v) is 4.92. The van der Waals surface area contributed by atoms with E-state index < -0.39 is 5.97 Å². The highest BCUT2D eigenvalue weighted by Gasteiger charge is 2.34. The van der Waals surface area contributed by atoms with Crippen molar-refractivity contribution in [2.75, 3.05) is 5.32 Å². The molecule has 3 rings (SSSR count). The number of fused-ring (bicyclic) bond motifs is 1. The lowest BCUT2D eigenvalue weighted by molar-refractivity contribution is 0.0696. The molecule has 1 atom stereocenters. The van der Waals surface area contributed by atoms with Crippen LogP contribution in [0.25, 0.3) is 0 Å². The Morgan fingerprint density at radius 3 is 2.62 bits per heavy atom. The van der Waals surface area contributed by atoms with Crippen LogP contribution in [-0.2, 0) is 12.8 Å². The zero-order chi connectivity index (χ0) is 19.1. The minimum Gasteiger partial charge on any atom is -0.478 e. The summed E-state index contributed by atoms with van der Waals surface area (Å²) in [6.07, 6.45) is 2.62. The van der Waals surface area contributed by atoms with E-state index in [0.717, 1.165) is 35.3 Å². The lowest BCUT2D eigenvalue weighted by Crippen LogP contribution is -2.26. The second kappa shape index (κ2) is 6.88. The smallest absolute Gasteiger partial charge is 0.339 e. The molecule has 0 fully saturated rings. The summed E-state index contributed by atoms with van der Waals surface area (Å²) in [5, 5.41) is 13.0. The first-order chi connectivity index (χ1) is 12.2. The van der Waals surface area contributed by atoms with Crippen LogP contribution in [0.5, 0.6) is 0 Å². The van der Waals surface area contributed by atoms with Crippen molar-refractivity contribution in [1.82, 2.24) is 0 Å². The Bertz CT molecular complexity index is 861. The monoisotopic (exact) mass is 371 g/mol. The molecule has 2 aromatic rings. The van der Waals surface area contributed by atoms with E-state index >= 15 is 0 Å². The summed E-state index contributed by atoms with van der Waals surface area (Å²) < 4.78 is 0. The molecule has 26 heavy (non-hydrogen) atoms. The molecule has 5 heteroatoms. The van der Waals surface area contributed by atoms with Gasteiger partial charge in [-0.05, 0) is 55.2 Å². The van der Waals surface area contributed by atoms with Crippen molar-refractivity contribution in [3.63, 3.8) is 0 Å². The average Bonchev–Trinajstić information content (AvgIpc) is 2.91. The summed E-state index contributed by atoms with van der Waals surface area (Å²) in [5.41, 5.74) is 2.91. The second-order valence-electron chi connectivity index (χ2n) is 8.14. The Morgan fingerprint density at radius 1 is 1.27 bits per heavy atom. The molecule has 0 bridgehead atoms. The van der Waals surface area contributed by atoms with Gasteiger partial charge in [-0.1, -0.05) is 38.5 Å². The number of nitrogens with one attached hydrogen (secondary N) is 1. The van der Waals surface area contributed by atoms with E-state index in [-0.39, 0.29) is 16.9 Å². The van der Waals surface area contributed by atoms with Gasteiger partial charge in [0.15, 0.2) is 0 Å². The maximum atomic E-state index is 12.6. The topological polar surface area (TPSA) is 66.4 Å². The highest BCUT2D eigenvalue weighted by atomic mass is 32.1. The summed E-state index contributed by atoms with van der Waals surface area (Å²) in [7, 11) is 0. The Balaban J connectivity index is 1.92. The SMILES string of the molecule is Cc1cccc(C(=O)Nc2sc3c(c2C(=O)O)CCC(C(C)(C)C)C3)c1. The average molecular weight is 372 g/mol. The van der Waals surface area contributed by atoms with Gasteiger partial charge < -0.3 is 10.4 Å². The van der Waals surface area contributed by atoms with Crippen LogP contribution in [0.1, 0.15) is 63.9 Å². The van der Waals surface area contributed by atoms with Crippen molar-refractivity contribution >= 4 is 28.2 Å². The number of benzene rings is 1. The molecular weight excluding hydrogens is 346 g/mol. The third-order valence-corrected chi connectivity index (χ3v) is 6.38. The molecule has 0 saturated carbocycles. The van der Waals surface area contributed by atoms with E-state index in [1.807, 2.05) is 19.1 Å². The number of carboxylic acid groups (broad SMARTS) is 1. The molecule has 1 unspecified atom stereocenters. The first-order valence-corrected chi connectivity index (χ1v) is 9.74. The Kier molecular flexibility index (Phi) is 4.93. The molecule has 1 aliphatic carbocycles. The maximum absolute atomic E-state index is 12.6. The van der Waals surface area contributed by atoms with Gasteiger partial charge in [0.1, 0.15) is 5.00 Å². The Labute approximate surface area is 158 Å². The summed E-state index contributed by atoms with van der Waals surface area (Å²) in [4.78, 5) is 25.5. The van der Waals surface area contributed by atoms with Crippen LogP contribution in [0.4, 0.5) is 5.00 Å². The fourth-order valence-electron chi connectivity index (χ4n) is 3.60. The molecule has 0 spiro atoms. The van der Waals surface area contributed by atoms with E-state index in [1.165, 1.54) is 11.3 Å². The number of carbonyl (C=O) groups is 2. The maximum Gasteiger partial charge on any atom is 0.339 e. The molecule has 1 aromatic heterocycles. The van der Waals surface area contributed by atoms with Gasteiger partial charge in [0.05, 0.1) is 5.56 Å². The minimum absolute atomic E-state index is 0.191. The number of carbonyl (C=O) groups excluding carboxylic acids is 1. The second-order valence-corrected chi connectivity index (χ2v) is 9.25. The quantitative estimate of drug-likeness (QED) is 0.783. The summed E-state index contributed by atoms with van der Waals surface area (Å²) in [6, 6.07) is 7.30. The number of aryl methyl sites for hydroxylation is 1. The van der Waals surface area contributed by atoms with Gasteiger partial charge in [-0.15, -0.1) is 11.3 Å². The van der Waals surface area contributed by atoms with Crippen molar-refractivity contribution in [2.24, 2.45) is 11.3 Å². The Hall–Kier alpha value is -2.14. The molecule has 4 nitrogen and oxygen atoms in total. The third kappa shape index (κ3) is 3.68. The van der Waals surface area contributed by atoms with E-state index in [2.05, 4.69) is 26.1 Å². The molecule has 0 radical (unpaired) electrons. The van der Waals surface area contributed by atoms with Crippen molar-refractivity contribution in [2.45, 2.75) is 47.0 Å². The van der Waals surface area contributed by atoms with E-state index in [9.17, 15) is 14.7 Å². The first kappa shape index (κ1) is 18.6. The normalized spacial score (nSPS) is 16.8. The van der Waals surface area contributed by atoms with Crippen LogP contribution >= 0.6 is 11.3 Å². The molecule has 1 aliphatic rings. The van der Waals surface area contributed by atoms with E-state index in [0.29, 0.717) is 16.5 Å². The number of rotatable bonds is 3. The molecule has 1 amide bonds. The number of hydrogen-bond donors (Lipinski definition) is 2. The zero-order valence-corrected chi connectivity index (χ0v) is 16.5. The van der Waals surface area contributed by atoms with Crippen molar-refractivity contribution in [1.29, 1.82) is 0 Å². The summed E-state index contributed by atoms with van der Waals surface area (Å²) >= 11 is 1.42. The summed E-state index contributed by atoms with van der Waals surface area (Å²) in [5.74, 6) is -0.700. The van der Waals surface area contributed by atoms with Crippen molar-refractivity contribution in [3.8, 4) is 0 Å². The summed E-state index contributed by atoms with van der Waals surface area (Å²) in [6.45, 7) is 8.62. The lowest BCUT2D eigenvalue weighted by Gasteiger charge is -2.33. The van der Waals surface area contributed by atoms with Gasteiger partial charge in [0.25, 0.3) is 5.91 Å². The van der Waals surface area contributed by atoms with Crippen molar-refractivity contribution in [3.05, 3.63) is 51.4 Å². The number of hydrogen-bond acceptors (Lipinski definition) is 3. The van der Waals surface area contributed by atoms with Gasteiger partial charge in [0, 0.05) is 10.4 Å². The van der Waals surface area contributed by atoms with Gasteiger partial charge in [-0.3, -0.25) is 4.79 Å². The van der Waals surface area contributed by atoms with Gasteiger partial charge in [0.2, 0.25) is 0 Å². The zero-order valence-electron chi connectivity index (χ0n) is 15.7. The molecule has 2 N–H and O–H groups in total. The van der Waals surface area contributed by atoms with Crippen LogP contribution in [0, 0.1) is 18.3 Å². The van der Waals surface area contributed by atoms with Crippen LogP contribution in [0.3, 0.4) is 0 Å². The predicted octanol–water partition coefficient (Wildman–Crippen LogP) is 5.16. The molecule has 0 saturated heterocycles. The van der Waals surface area contributed by atoms with E-state index in [1.54, 1.807) is 12.1 Å². The highest BCUT2D eigenvalue weighted by molar-refractivity contribution is 7.17. The molecule has 138 valence electrons. The van der Waals surface area contributed by atoms with Crippen molar-refractivity contribution < 1.29 is 14.7 Å². The van der Waals surface area contributed by atoms with Crippen LogP contribution in [0.15, 0.2) is 24.3 Å². The first-order valence-electron chi connectivity index (χ1n) is 8.92. The minimum atomic E-state index is -0.962. The fraction of sp³-hybridized carbons (Fsp3) is 0.429. The lowest BCUT2D eigenvalue weighted by atomic mass is 9.72. The standard InChI is InChI=1S/C21H25NO3S/c1-12-6-5-7-13(10-12)18(23)22-19-17(20(24)25)15-9-8-14(21(2,3)4)11-16(15)26-19/h5-7,10,14H,8-9,11H2,1-4H3,(H,22,23)(H,24,25). The van der Waals surface area contributed by atoms with E-state index in [4.69, 9.17) is 0 Å². The van der Waals surface area contributed by atoms with Crippen LogP contribution in [-0.4, -0.2) is 17.0 Å². The van der Waals surface area contributed by atoms with Gasteiger partial charge in [-0.25, -0.2) is 4.79 Å². The molecule has 1 heterocycles. The third-order valence-electron chi connectivity index (χ3n) is 5.21. The number of aromatic carboxylic acids is 1. The Morgan fingerprint density at radius 2 is 2.00 bits per heavy atom. The molecule has 0 aliphatic heterocycles. The van der Waals surface area contributed by atoms with Crippen LogP contribution in [0.2, 0.25) is 0 Å². The molecule has 1 aromatic carbocycles. The number of amides is 1. The van der Waals surface area contributed by atoms with Gasteiger partial charge in [-0.2, -0.15) is 0 Å². The number of anilines is 1. The number of carboxylic acids is 1. The highest BCUT2D eigenvalue weighted by Crippen LogP contribution is 2.44. The van der Waals surface area contributed by atoms with Crippen LogP contribution < -0.4 is 5.32 Å².